The number of ether oxygens (including phenoxy) is 1. The van der Waals surface area contributed by atoms with E-state index in [-0.39, 0.29) is 0 Å². The molecule has 1 saturated heterocycles. The number of halogens is 1. The fraction of sp³-hybridized carbons (Fsp3) is 0.429. The molecule has 0 spiro atoms. The third-order valence-corrected chi connectivity index (χ3v) is 3.44. The van der Waals surface area contributed by atoms with Crippen LogP contribution in [0.25, 0.3) is 0 Å². The van der Waals surface area contributed by atoms with Gasteiger partial charge in [0, 0.05) is 6.61 Å². The van der Waals surface area contributed by atoms with E-state index in [0.29, 0.717) is 18.6 Å². The molecule has 2 N–H and O–H groups in total. The first-order valence-corrected chi connectivity index (χ1v) is 6.36. The molecule has 108 valence electrons. The number of rotatable bonds is 4. The summed E-state index contributed by atoms with van der Waals surface area (Å²) in [6, 6.07) is 5.02. The van der Waals surface area contributed by atoms with E-state index in [4.69, 9.17) is 4.74 Å². The molecular weight excluding hydrogens is 265 g/mol. The van der Waals surface area contributed by atoms with Crippen LogP contribution in [0.3, 0.4) is 0 Å². The van der Waals surface area contributed by atoms with Gasteiger partial charge in [0.1, 0.15) is 11.9 Å². The lowest BCUT2D eigenvalue weighted by molar-refractivity contribution is -0.149. The molecule has 20 heavy (non-hydrogen) atoms. The Kier molecular flexibility index (Phi) is 4.04. The van der Waals surface area contributed by atoms with Crippen molar-refractivity contribution in [1.82, 2.24) is 5.32 Å². The van der Waals surface area contributed by atoms with E-state index in [1.54, 1.807) is 0 Å². The van der Waals surface area contributed by atoms with Crippen molar-refractivity contribution in [2.24, 2.45) is 0 Å². The highest BCUT2D eigenvalue weighted by molar-refractivity contribution is 5.89. The number of benzene rings is 1. The minimum Gasteiger partial charge on any atom is -0.479 e. The van der Waals surface area contributed by atoms with E-state index in [2.05, 4.69) is 5.32 Å². The SMILES string of the molecule is CC(NC(=O)C1CCCO1)(C(=O)O)c1ccc(F)cc1. The predicted octanol–water partition coefficient (Wildman–Crippen LogP) is 1.42. The smallest absolute Gasteiger partial charge is 0.333 e. The van der Waals surface area contributed by atoms with Gasteiger partial charge in [0.25, 0.3) is 0 Å². The summed E-state index contributed by atoms with van der Waals surface area (Å²) in [6.45, 7) is 1.87. The van der Waals surface area contributed by atoms with Gasteiger partial charge in [-0.2, -0.15) is 0 Å². The summed E-state index contributed by atoms with van der Waals surface area (Å²) in [4.78, 5) is 23.5. The van der Waals surface area contributed by atoms with Crippen molar-refractivity contribution in [3.8, 4) is 0 Å². The van der Waals surface area contributed by atoms with E-state index < -0.39 is 29.3 Å². The van der Waals surface area contributed by atoms with Crippen LogP contribution >= 0.6 is 0 Å². The average molecular weight is 281 g/mol. The molecule has 2 atom stereocenters. The van der Waals surface area contributed by atoms with E-state index in [0.717, 1.165) is 18.6 Å². The van der Waals surface area contributed by atoms with E-state index in [1.807, 2.05) is 0 Å². The number of aliphatic carboxylic acids is 1. The van der Waals surface area contributed by atoms with Crippen LogP contribution in [0.4, 0.5) is 4.39 Å². The summed E-state index contributed by atoms with van der Waals surface area (Å²) in [5.74, 6) is -2.14. The number of carbonyl (C=O) groups is 2. The molecule has 2 unspecified atom stereocenters. The van der Waals surface area contributed by atoms with Crippen LogP contribution in [0.5, 0.6) is 0 Å². The van der Waals surface area contributed by atoms with Crippen LogP contribution in [0.2, 0.25) is 0 Å². The second kappa shape index (κ2) is 5.58. The van der Waals surface area contributed by atoms with Crippen molar-refractivity contribution in [2.75, 3.05) is 6.61 Å². The van der Waals surface area contributed by atoms with Gasteiger partial charge < -0.3 is 15.2 Å². The van der Waals surface area contributed by atoms with Crippen molar-refractivity contribution in [2.45, 2.75) is 31.4 Å². The first kappa shape index (κ1) is 14.5. The van der Waals surface area contributed by atoms with E-state index >= 15 is 0 Å². The molecule has 0 bridgehead atoms. The van der Waals surface area contributed by atoms with Gasteiger partial charge in [0.15, 0.2) is 5.54 Å². The maximum absolute atomic E-state index is 12.9. The fourth-order valence-corrected chi connectivity index (χ4v) is 2.14. The Morgan fingerprint density at radius 1 is 1.40 bits per heavy atom. The second-order valence-corrected chi connectivity index (χ2v) is 4.93. The molecule has 1 fully saturated rings. The number of nitrogens with one attached hydrogen (secondary N) is 1. The Morgan fingerprint density at radius 2 is 2.05 bits per heavy atom. The molecule has 1 aliphatic rings. The van der Waals surface area contributed by atoms with Gasteiger partial charge in [-0.05, 0) is 37.5 Å². The minimum absolute atomic E-state index is 0.303. The number of amides is 1. The molecule has 1 aromatic rings. The van der Waals surface area contributed by atoms with E-state index in [9.17, 15) is 19.1 Å². The quantitative estimate of drug-likeness (QED) is 0.875. The summed E-state index contributed by atoms with van der Waals surface area (Å²) in [5.41, 5.74) is -1.31. The summed E-state index contributed by atoms with van der Waals surface area (Å²) >= 11 is 0. The summed E-state index contributed by atoms with van der Waals surface area (Å²) in [7, 11) is 0. The fourth-order valence-electron chi connectivity index (χ4n) is 2.14. The average Bonchev–Trinajstić information content (AvgIpc) is 2.93. The number of hydrogen-bond acceptors (Lipinski definition) is 3. The van der Waals surface area contributed by atoms with Crippen LogP contribution < -0.4 is 5.32 Å². The van der Waals surface area contributed by atoms with Gasteiger partial charge in [-0.1, -0.05) is 12.1 Å². The molecular formula is C14H16FNO4. The molecule has 2 rings (SSSR count). The highest BCUT2D eigenvalue weighted by atomic mass is 19.1. The Morgan fingerprint density at radius 3 is 2.55 bits per heavy atom. The molecule has 1 aromatic carbocycles. The first-order valence-electron chi connectivity index (χ1n) is 6.36. The molecule has 1 heterocycles. The van der Waals surface area contributed by atoms with Crippen LogP contribution in [0, 0.1) is 5.82 Å². The van der Waals surface area contributed by atoms with Crippen LogP contribution in [0.15, 0.2) is 24.3 Å². The standard InChI is InChI=1S/C14H16FNO4/c1-14(13(18)19,9-4-6-10(15)7-5-9)16-12(17)11-3-2-8-20-11/h4-7,11H,2-3,8H2,1H3,(H,16,17)(H,18,19). The summed E-state index contributed by atoms with van der Waals surface area (Å²) in [6.07, 6.45) is 0.734. The lowest BCUT2D eigenvalue weighted by atomic mass is 9.91. The number of carbonyl (C=O) groups excluding carboxylic acids is 1. The Labute approximate surface area is 115 Å². The van der Waals surface area contributed by atoms with Crippen molar-refractivity contribution < 1.29 is 23.8 Å². The normalized spacial score (nSPS) is 21.2. The zero-order valence-corrected chi connectivity index (χ0v) is 11.1. The molecule has 0 aliphatic carbocycles. The van der Waals surface area contributed by atoms with Gasteiger partial charge in [-0.25, -0.2) is 9.18 Å². The molecule has 0 radical (unpaired) electrons. The predicted molar refractivity (Wildman–Crippen MR) is 68.5 cm³/mol. The largest absolute Gasteiger partial charge is 0.479 e. The number of carboxylic acids is 1. The highest BCUT2D eigenvalue weighted by Crippen LogP contribution is 2.23. The molecule has 0 aromatic heterocycles. The zero-order valence-electron chi connectivity index (χ0n) is 11.1. The van der Waals surface area contributed by atoms with Gasteiger partial charge in [-0.15, -0.1) is 0 Å². The molecule has 1 amide bonds. The minimum atomic E-state index is -1.61. The molecule has 6 heteroatoms. The van der Waals surface area contributed by atoms with Crippen molar-refractivity contribution in [3.05, 3.63) is 35.6 Å². The third-order valence-electron chi connectivity index (χ3n) is 3.44. The Hall–Kier alpha value is -1.95. The highest BCUT2D eigenvalue weighted by Gasteiger charge is 2.39. The molecule has 0 saturated carbocycles. The number of carboxylic acid groups (broad SMARTS) is 1. The first-order chi connectivity index (χ1) is 9.43. The summed E-state index contributed by atoms with van der Waals surface area (Å²) in [5, 5.41) is 11.9. The lowest BCUT2D eigenvalue weighted by Crippen LogP contribution is -2.52. The maximum Gasteiger partial charge on any atom is 0.333 e. The van der Waals surface area contributed by atoms with Gasteiger partial charge >= 0.3 is 5.97 Å². The van der Waals surface area contributed by atoms with E-state index in [1.165, 1.54) is 19.1 Å². The van der Waals surface area contributed by atoms with Crippen molar-refractivity contribution in [1.29, 1.82) is 0 Å². The van der Waals surface area contributed by atoms with Gasteiger partial charge in [0.05, 0.1) is 0 Å². The monoisotopic (exact) mass is 281 g/mol. The summed E-state index contributed by atoms with van der Waals surface area (Å²) < 4.78 is 18.2. The topological polar surface area (TPSA) is 75.6 Å². The third kappa shape index (κ3) is 2.80. The van der Waals surface area contributed by atoms with Gasteiger partial charge in [-0.3, -0.25) is 4.79 Å². The van der Waals surface area contributed by atoms with Crippen molar-refractivity contribution in [3.63, 3.8) is 0 Å². The zero-order chi connectivity index (χ0) is 14.8. The second-order valence-electron chi connectivity index (χ2n) is 4.93. The van der Waals surface area contributed by atoms with Crippen molar-refractivity contribution >= 4 is 11.9 Å². The maximum atomic E-state index is 12.9. The van der Waals surface area contributed by atoms with Crippen LogP contribution in [0.1, 0.15) is 25.3 Å². The molecule has 5 nitrogen and oxygen atoms in total. The van der Waals surface area contributed by atoms with Crippen LogP contribution in [-0.2, 0) is 19.9 Å². The molecule has 1 aliphatic heterocycles. The van der Waals surface area contributed by atoms with Crippen LogP contribution in [-0.4, -0.2) is 29.7 Å². The Balaban J connectivity index is 2.22. The number of hydrogen-bond donors (Lipinski definition) is 2. The van der Waals surface area contributed by atoms with Gasteiger partial charge in [0.2, 0.25) is 5.91 Å². The Bertz CT molecular complexity index is 510. The lowest BCUT2D eigenvalue weighted by Gasteiger charge is -2.28.